The van der Waals surface area contributed by atoms with E-state index in [4.69, 9.17) is 14.5 Å². The van der Waals surface area contributed by atoms with Crippen LogP contribution in [0.25, 0.3) is 16.6 Å². The van der Waals surface area contributed by atoms with Crippen molar-refractivity contribution in [2.75, 3.05) is 26.9 Å². The Morgan fingerprint density at radius 2 is 2.13 bits per heavy atom. The highest BCUT2D eigenvalue weighted by Crippen LogP contribution is 2.30. The fraction of sp³-hybridized carbons (Fsp3) is 0.435. The van der Waals surface area contributed by atoms with E-state index in [0.29, 0.717) is 30.1 Å². The number of aromatic nitrogens is 4. The molecule has 162 valence electrons. The molecular weight excluding hydrogens is 394 g/mol. The Kier molecular flexibility index (Phi) is 5.23. The first-order valence-electron chi connectivity index (χ1n) is 10.8. The number of benzene rings is 1. The molecule has 0 saturated carbocycles. The fourth-order valence-corrected chi connectivity index (χ4v) is 4.51. The lowest BCUT2D eigenvalue weighted by Gasteiger charge is -2.22. The quantitative estimate of drug-likeness (QED) is 0.682. The molecule has 0 bridgehead atoms. The second-order valence-corrected chi connectivity index (χ2v) is 8.35. The van der Waals surface area contributed by atoms with Gasteiger partial charge < -0.3 is 19.4 Å². The molecule has 1 saturated heterocycles. The Morgan fingerprint density at radius 1 is 1.29 bits per heavy atom. The maximum Gasteiger partial charge on any atom is 0.262 e. The van der Waals surface area contributed by atoms with Gasteiger partial charge in [-0.15, -0.1) is 0 Å². The number of fused-ring (bicyclic) bond motifs is 1. The standard InChI is InChI=1S/C23H27N5O3/c1-15-12-27(13-16-4-3-5-18(10-16)30-2)14-20(15)21-25-22-19(23(29)26-21)11-24-28(22)17-6-8-31-9-7-17/h3-5,10-11,14-15,17H,6-9,12-13H2,1-2H3,(H,25,26,29). The van der Waals surface area contributed by atoms with Gasteiger partial charge in [-0.1, -0.05) is 19.1 Å². The molecule has 0 aliphatic carbocycles. The predicted octanol–water partition coefficient (Wildman–Crippen LogP) is 2.97. The highest BCUT2D eigenvalue weighted by atomic mass is 16.5. The third-order valence-corrected chi connectivity index (χ3v) is 6.15. The monoisotopic (exact) mass is 421 g/mol. The number of aromatic amines is 1. The van der Waals surface area contributed by atoms with Gasteiger partial charge in [-0.25, -0.2) is 9.67 Å². The summed E-state index contributed by atoms with van der Waals surface area (Å²) in [6.07, 6.45) is 5.51. The second kappa shape index (κ2) is 8.19. The zero-order valence-electron chi connectivity index (χ0n) is 17.9. The van der Waals surface area contributed by atoms with Crippen LogP contribution < -0.4 is 10.3 Å². The molecule has 31 heavy (non-hydrogen) atoms. The van der Waals surface area contributed by atoms with Gasteiger partial charge in [-0.2, -0.15) is 5.10 Å². The highest BCUT2D eigenvalue weighted by Gasteiger charge is 2.26. The molecule has 2 aromatic heterocycles. The molecule has 2 aliphatic heterocycles. The third-order valence-electron chi connectivity index (χ3n) is 6.15. The average molecular weight is 422 g/mol. The molecule has 1 aromatic carbocycles. The molecule has 4 heterocycles. The molecule has 0 amide bonds. The summed E-state index contributed by atoms with van der Waals surface area (Å²) < 4.78 is 12.7. The molecule has 1 unspecified atom stereocenters. The van der Waals surface area contributed by atoms with Crippen molar-refractivity contribution < 1.29 is 9.47 Å². The van der Waals surface area contributed by atoms with Crippen molar-refractivity contribution >= 4 is 16.6 Å². The van der Waals surface area contributed by atoms with Gasteiger partial charge in [0.2, 0.25) is 0 Å². The summed E-state index contributed by atoms with van der Waals surface area (Å²) in [5.74, 6) is 1.74. The van der Waals surface area contributed by atoms with E-state index >= 15 is 0 Å². The second-order valence-electron chi connectivity index (χ2n) is 8.35. The lowest BCUT2D eigenvalue weighted by Crippen LogP contribution is -2.21. The maximum atomic E-state index is 12.8. The van der Waals surface area contributed by atoms with Gasteiger partial charge >= 0.3 is 0 Å². The molecule has 1 fully saturated rings. The molecule has 1 atom stereocenters. The highest BCUT2D eigenvalue weighted by molar-refractivity contribution is 5.76. The Morgan fingerprint density at radius 3 is 2.94 bits per heavy atom. The summed E-state index contributed by atoms with van der Waals surface area (Å²) in [6.45, 7) is 5.23. The maximum absolute atomic E-state index is 12.8. The first-order valence-corrected chi connectivity index (χ1v) is 10.8. The minimum Gasteiger partial charge on any atom is -0.497 e. The van der Waals surface area contributed by atoms with E-state index in [2.05, 4.69) is 40.2 Å². The topological polar surface area (TPSA) is 85.3 Å². The minimum atomic E-state index is -0.141. The van der Waals surface area contributed by atoms with Gasteiger partial charge in [0, 0.05) is 44.0 Å². The zero-order chi connectivity index (χ0) is 21.4. The number of rotatable bonds is 5. The summed E-state index contributed by atoms with van der Waals surface area (Å²) >= 11 is 0. The summed E-state index contributed by atoms with van der Waals surface area (Å²) in [7, 11) is 1.68. The van der Waals surface area contributed by atoms with E-state index in [1.165, 1.54) is 5.56 Å². The van der Waals surface area contributed by atoms with Crippen LogP contribution >= 0.6 is 0 Å². The number of methoxy groups -OCH3 is 1. The van der Waals surface area contributed by atoms with Crippen molar-refractivity contribution in [2.24, 2.45) is 5.92 Å². The van der Waals surface area contributed by atoms with Crippen LogP contribution in [-0.4, -0.2) is 51.5 Å². The summed E-state index contributed by atoms with van der Waals surface area (Å²) in [4.78, 5) is 22.9. The Hall–Kier alpha value is -3.13. The van der Waals surface area contributed by atoms with Gasteiger partial charge in [0.1, 0.15) is 17.0 Å². The lowest BCUT2D eigenvalue weighted by atomic mass is 10.0. The molecule has 8 heteroatoms. The van der Waals surface area contributed by atoms with E-state index < -0.39 is 0 Å². The first-order chi connectivity index (χ1) is 15.1. The van der Waals surface area contributed by atoms with E-state index in [1.807, 2.05) is 16.8 Å². The van der Waals surface area contributed by atoms with Crippen LogP contribution in [0.15, 0.2) is 41.5 Å². The van der Waals surface area contributed by atoms with Crippen molar-refractivity contribution in [2.45, 2.75) is 32.4 Å². The number of nitrogens with zero attached hydrogens (tertiary/aromatic N) is 4. The lowest BCUT2D eigenvalue weighted by molar-refractivity contribution is 0.0673. The predicted molar refractivity (Wildman–Crippen MR) is 118 cm³/mol. The fourth-order valence-electron chi connectivity index (χ4n) is 4.51. The van der Waals surface area contributed by atoms with Gasteiger partial charge in [0.25, 0.3) is 5.56 Å². The van der Waals surface area contributed by atoms with Crippen molar-refractivity contribution in [3.8, 4) is 5.75 Å². The molecule has 1 N–H and O–H groups in total. The Labute approximate surface area is 180 Å². The molecule has 0 radical (unpaired) electrons. The van der Waals surface area contributed by atoms with Gasteiger partial charge in [0.15, 0.2) is 5.65 Å². The number of ether oxygens (including phenoxy) is 2. The zero-order valence-corrected chi connectivity index (χ0v) is 17.9. The third kappa shape index (κ3) is 3.83. The van der Waals surface area contributed by atoms with E-state index in [9.17, 15) is 4.79 Å². The molecule has 0 spiro atoms. The average Bonchev–Trinajstić information content (AvgIpc) is 3.38. The van der Waals surface area contributed by atoms with Gasteiger partial charge in [-0.05, 0) is 30.5 Å². The van der Waals surface area contributed by atoms with Crippen molar-refractivity contribution in [1.82, 2.24) is 24.6 Å². The smallest absolute Gasteiger partial charge is 0.262 e. The summed E-state index contributed by atoms with van der Waals surface area (Å²) in [5.41, 5.74) is 2.74. The molecule has 8 nitrogen and oxygen atoms in total. The molecule has 3 aromatic rings. The van der Waals surface area contributed by atoms with Crippen LogP contribution in [-0.2, 0) is 11.3 Å². The first kappa shape index (κ1) is 19.8. The molecule has 5 rings (SSSR count). The Balaban J connectivity index is 1.46. The number of hydrogen-bond acceptors (Lipinski definition) is 6. The number of nitrogens with one attached hydrogen (secondary N) is 1. The Bertz CT molecular complexity index is 1180. The van der Waals surface area contributed by atoms with Crippen molar-refractivity contribution in [3.05, 3.63) is 58.4 Å². The van der Waals surface area contributed by atoms with E-state index in [-0.39, 0.29) is 17.5 Å². The normalized spacial score (nSPS) is 19.7. The van der Waals surface area contributed by atoms with Crippen LogP contribution in [0.1, 0.15) is 37.2 Å². The van der Waals surface area contributed by atoms with Crippen molar-refractivity contribution in [3.63, 3.8) is 0 Å². The van der Waals surface area contributed by atoms with Crippen LogP contribution in [0.2, 0.25) is 0 Å². The molecule has 2 aliphatic rings. The van der Waals surface area contributed by atoms with E-state index in [0.717, 1.165) is 37.3 Å². The van der Waals surface area contributed by atoms with Gasteiger partial charge in [0.05, 0.1) is 19.3 Å². The largest absolute Gasteiger partial charge is 0.497 e. The van der Waals surface area contributed by atoms with Crippen LogP contribution in [0.3, 0.4) is 0 Å². The number of H-pyrrole nitrogens is 1. The van der Waals surface area contributed by atoms with Crippen LogP contribution in [0, 0.1) is 5.92 Å². The summed E-state index contributed by atoms with van der Waals surface area (Å²) in [6, 6.07) is 8.31. The van der Waals surface area contributed by atoms with E-state index in [1.54, 1.807) is 13.3 Å². The minimum absolute atomic E-state index is 0.141. The van der Waals surface area contributed by atoms with Crippen molar-refractivity contribution in [1.29, 1.82) is 0 Å². The number of hydrogen-bond donors (Lipinski definition) is 1. The van der Waals surface area contributed by atoms with Gasteiger partial charge in [-0.3, -0.25) is 4.79 Å². The summed E-state index contributed by atoms with van der Waals surface area (Å²) in [5, 5.41) is 5.03. The molecular formula is C23H27N5O3. The SMILES string of the molecule is COc1cccc(CN2C=C(c3nc4c(cnn4C4CCOCC4)c(=O)[nH]3)C(C)C2)c1. The van der Waals surface area contributed by atoms with Crippen LogP contribution in [0.4, 0.5) is 0 Å². The van der Waals surface area contributed by atoms with Crippen LogP contribution in [0.5, 0.6) is 5.75 Å².